The lowest BCUT2D eigenvalue weighted by molar-refractivity contribution is -0.147. The van der Waals surface area contributed by atoms with Gasteiger partial charge < -0.3 is 4.74 Å². The van der Waals surface area contributed by atoms with Crippen LogP contribution in [0.5, 0.6) is 0 Å². The molecule has 1 atom stereocenters. The molecule has 1 unspecified atom stereocenters. The zero-order valence-corrected chi connectivity index (χ0v) is 10.4. The van der Waals surface area contributed by atoms with E-state index in [1.54, 1.807) is 22.6 Å². The summed E-state index contributed by atoms with van der Waals surface area (Å²) in [5.74, 6) is -1.17. The number of rotatable bonds is 4. The maximum atomic E-state index is 11.3. The van der Waals surface area contributed by atoms with Gasteiger partial charge in [0, 0.05) is 22.6 Å². The molecular formula is C11H11IO3. The van der Waals surface area contributed by atoms with Crippen molar-refractivity contribution < 1.29 is 14.3 Å². The molecule has 0 saturated heterocycles. The number of halogens is 1. The number of hydrogen-bond donors (Lipinski definition) is 0. The molecule has 15 heavy (non-hydrogen) atoms. The molecule has 0 aliphatic rings. The average molecular weight is 318 g/mol. The van der Waals surface area contributed by atoms with Crippen molar-refractivity contribution in [1.82, 2.24) is 0 Å². The maximum absolute atomic E-state index is 11.3. The molecule has 1 aromatic carbocycles. The number of methoxy groups -OCH3 is 1. The summed E-state index contributed by atoms with van der Waals surface area (Å²) in [6.07, 6.45) is 0.398. The van der Waals surface area contributed by atoms with Crippen LogP contribution in [0, 0.1) is 5.92 Å². The van der Waals surface area contributed by atoms with E-state index < -0.39 is 11.9 Å². The molecule has 0 bridgehead atoms. The van der Waals surface area contributed by atoms with Gasteiger partial charge in [0.1, 0.15) is 5.92 Å². The van der Waals surface area contributed by atoms with Crippen molar-refractivity contribution in [3.05, 3.63) is 35.9 Å². The Bertz CT molecular complexity index is 348. The number of esters is 1. The first-order valence-electron chi connectivity index (χ1n) is 4.46. The summed E-state index contributed by atoms with van der Waals surface area (Å²) in [5.41, 5.74) is 0.956. The van der Waals surface area contributed by atoms with Crippen molar-refractivity contribution in [1.29, 1.82) is 0 Å². The molecule has 4 heteroatoms. The smallest absolute Gasteiger partial charge is 0.317 e. The van der Waals surface area contributed by atoms with Gasteiger partial charge in [-0.2, -0.15) is 0 Å². The zero-order valence-electron chi connectivity index (χ0n) is 8.27. The standard InChI is InChI=1S/C11H11IO3/c1-15-11(14)9(10(12)13)7-8-5-3-2-4-6-8/h2-6,9H,7H2,1H3. The first-order chi connectivity index (χ1) is 7.15. The molecule has 3 nitrogen and oxygen atoms in total. The summed E-state index contributed by atoms with van der Waals surface area (Å²) < 4.78 is 4.39. The molecule has 0 aliphatic carbocycles. The summed E-state index contributed by atoms with van der Waals surface area (Å²) in [4.78, 5) is 22.5. The van der Waals surface area contributed by atoms with Crippen molar-refractivity contribution in [3.63, 3.8) is 0 Å². The highest BCUT2D eigenvalue weighted by molar-refractivity contribution is 14.1. The van der Waals surface area contributed by atoms with Gasteiger partial charge in [-0.05, 0) is 12.0 Å². The Morgan fingerprint density at radius 1 is 1.33 bits per heavy atom. The number of benzene rings is 1. The topological polar surface area (TPSA) is 43.4 Å². The fourth-order valence-electron chi connectivity index (χ4n) is 1.25. The lowest BCUT2D eigenvalue weighted by Crippen LogP contribution is -2.23. The number of carbonyl (C=O) groups excluding carboxylic acids is 2. The van der Waals surface area contributed by atoms with Crippen LogP contribution in [0.15, 0.2) is 30.3 Å². The van der Waals surface area contributed by atoms with Crippen molar-refractivity contribution in [2.24, 2.45) is 5.92 Å². The summed E-state index contributed by atoms with van der Waals surface area (Å²) in [6.45, 7) is 0. The molecule has 0 aliphatic heterocycles. The molecule has 0 spiro atoms. The lowest BCUT2D eigenvalue weighted by atomic mass is 10.0. The predicted molar refractivity (Wildman–Crippen MR) is 64.7 cm³/mol. The Hall–Kier alpha value is -0.910. The Labute approximate surface area is 102 Å². The third-order valence-electron chi connectivity index (χ3n) is 2.04. The Balaban J connectivity index is 2.76. The highest BCUT2D eigenvalue weighted by Gasteiger charge is 2.25. The third-order valence-corrected chi connectivity index (χ3v) is 2.79. The molecular weight excluding hydrogens is 307 g/mol. The van der Waals surface area contributed by atoms with Crippen LogP contribution in [0.25, 0.3) is 0 Å². The molecule has 0 fully saturated rings. The van der Waals surface area contributed by atoms with E-state index in [9.17, 15) is 9.59 Å². The second kappa shape index (κ2) is 5.85. The highest BCUT2D eigenvalue weighted by Crippen LogP contribution is 2.14. The molecule has 0 saturated carbocycles. The maximum Gasteiger partial charge on any atom is 0.317 e. The van der Waals surface area contributed by atoms with Crippen molar-refractivity contribution >= 4 is 32.4 Å². The Morgan fingerprint density at radius 2 is 1.93 bits per heavy atom. The van der Waals surface area contributed by atoms with Gasteiger partial charge >= 0.3 is 5.97 Å². The van der Waals surface area contributed by atoms with E-state index in [-0.39, 0.29) is 3.79 Å². The minimum atomic E-state index is -0.696. The lowest BCUT2D eigenvalue weighted by Gasteiger charge is -2.09. The van der Waals surface area contributed by atoms with Crippen LogP contribution in [-0.4, -0.2) is 16.9 Å². The van der Waals surface area contributed by atoms with E-state index in [1.165, 1.54) is 7.11 Å². The fraction of sp³-hybridized carbons (Fsp3) is 0.273. The van der Waals surface area contributed by atoms with E-state index in [0.29, 0.717) is 6.42 Å². The summed E-state index contributed by atoms with van der Waals surface area (Å²) in [5, 5.41) is 0. The third kappa shape index (κ3) is 3.62. The minimum absolute atomic E-state index is 0.191. The number of hydrogen-bond acceptors (Lipinski definition) is 3. The largest absolute Gasteiger partial charge is 0.468 e. The van der Waals surface area contributed by atoms with Crippen LogP contribution in [0.4, 0.5) is 0 Å². The van der Waals surface area contributed by atoms with Gasteiger partial charge in [-0.15, -0.1) is 0 Å². The normalized spacial score (nSPS) is 11.9. The minimum Gasteiger partial charge on any atom is -0.468 e. The fourth-order valence-corrected chi connectivity index (χ4v) is 1.72. The summed E-state index contributed by atoms with van der Waals surface area (Å²) in [7, 11) is 1.29. The quantitative estimate of drug-likeness (QED) is 0.369. The average Bonchev–Trinajstić information content (AvgIpc) is 2.26. The van der Waals surface area contributed by atoms with Gasteiger partial charge in [0.25, 0.3) is 0 Å². The van der Waals surface area contributed by atoms with Crippen LogP contribution in [0.1, 0.15) is 5.56 Å². The van der Waals surface area contributed by atoms with Crippen LogP contribution >= 0.6 is 22.6 Å². The summed E-state index contributed by atoms with van der Waals surface area (Å²) in [6, 6.07) is 9.41. The summed E-state index contributed by atoms with van der Waals surface area (Å²) >= 11 is 1.63. The van der Waals surface area contributed by atoms with Gasteiger partial charge in [0.15, 0.2) is 0 Å². The van der Waals surface area contributed by atoms with Gasteiger partial charge in [0.05, 0.1) is 7.11 Å². The second-order valence-electron chi connectivity index (χ2n) is 3.07. The van der Waals surface area contributed by atoms with Gasteiger partial charge in [-0.1, -0.05) is 30.3 Å². The Morgan fingerprint density at radius 3 is 2.40 bits per heavy atom. The van der Waals surface area contributed by atoms with Gasteiger partial charge in [-0.25, -0.2) is 0 Å². The van der Waals surface area contributed by atoms with Crippen LogP contribution in [0.3, 0.4) is 0 Å². The van der Waals surface area contributed by atoms with Crippen LogP contribution in [0.2, 0.25) is 0 Å². The Kier molecular flexibility index (Phi) is 4.74. The van der Waals surface area contributed by atoms with E-state index in [0.717, 1.165) is 5.56 Å². The van der Waals surface area contributed by atoms with E-state index in [1.807, 2.05) is 30.3 Å². The first kappa shape index (κ1) is 12.2. The number of carbonyl (C=O) groups is 2. The molecule has 0 N–H and O–H groups in total. The molecule has 0 amide bonds. The van der Waals surface area contributed by atoms with Gasteiger partial charge in [-0.3, -0.25) is 9.59 Å². The molecule has 1 aromatic rings. The number of ether oxygens (including phenoxy) is 1. The zero-order chi connectivity index (χ0) is 11.3. The van der Waals surface area contributed by atoms with Crippen molar-refractivity contribution in [3.8, 4) is 0 Å². The molecule has 0 aromatic heterocycles. The van der Waals surface area contributed by atoms with E-state index in [2.05, 4.69) is 4.74 Å². The molecule has 0 heterocycles. The van der Waals surface area contributed by atoms with Crippen LogP contribution in [-0.2, 0) is 20.7 Å². The van der Waals surface area contributed by atoms with Crippen LogP contribution < -0.4 is 0 Å². The molecule has 80 valence electrons. The van der Waals surface area contributed by atoms with Gasteiger partial charge in [0.2, 0.25) is 3.79 Å². The molecule has 1 rings (SSSR count). The van der Waals surface area contributed by atoms with E-state index in [4.69, 9.17) is 0 Å². The van der Waals surface area contributed by atoms with Crippen molar-refractivity contribution in [2.45, 2.75) is 6.42 Å². The monoisotopic (exact) mass is 318 g/mol. The SMILES string of the molecule is COC(=O)C(Cc1ccccc1)C(=O)I. The predicted octanol–water partition coefficient (Wildman–Crippen LogP) is 1.98. The highest BCUT2D eigenvalue weighted by atomic mass is 127. The molecule has 0 radical (unpaired) electrons. The first-order valence-corrected chi connectivity index (χ1v) is 5.54. The van der Waals surface area contributed by atoms with Crippen molar-refractivity contribution in [2.75, 3.05) is 7.11 Å². The van der Waals surface area contributed by atoms with E-state index >= 15 is 0 Å². The second-order valence-corrected chi connectivity index (χ2v) is 4.13.